The fraction of sp³-hybridized carbons (Fsp3) is 0.320. The summed E-state index contributed by atoms with van der Waals surface area (Å²) in [4.78, 5) is 29.5. The summed E-state index contributed by atoms with van der Waals surface area (Å²) < 4.78 is 42.0. The highest BCUT2D eigenvalue weighted by atomic mass is 35.5. The van der Waals surface area contributed by atoms with Crippen LogP contribution in [-0.4, -0.2) is 56.4 Å². The van der Waals surface area contributed by atoms with Crippen molar-refractivity contribution in [3.05, 3.63) is 69.2 Å². The summed E-state index contributed by atoms with van der Waals surface area (Å²) in [6, 6.07) is 8.89. The second-order valence-electron chi connectivity index (χ2n) is 8.81. The van der Waals surface area contributed by atoms with Gasteiger partial charge in [0.05, 0.1) is 34.8 Å². The van der Waals surface area contributed by atoms with Crippen molar-refractivity contribution >= 4 is 51.5 Å². The lowest BCUT2D eigenvalue weighted by atomic mass is 10.1. The lowest BCUT2D eigenvalue weighted by Crippen LogP contribution is -2.40. The molecule has 0 spiro atoms. The van der Waals surface area contributed by atoms with Crippen molar-refractivity contribution in [2.24, 2.45) is 0 Å². The third-order valence-corrected chi connectivity index (χ3v) is 7.66. The van der Waals surface area contributed by atoms with Crippen LogP contribution in [0.5, 0.6) is 0 Å². The van der Waals surface area contributed by atoms with E-state index in [1.165, 1.54) is 21.7 Å². The van der Waals surface area contributed by atoms with E-state index in [4.69, 9.17) is 11.6 Å². The van der Waals surface area contributed by atoms with Gasteiger partial charge in [0.15, 0.2) is 0 Å². The maximum Gasteiger partial charge on any atom is 0.416 e. The van der Waals surface area contributed by atoms with Gasteiger partial charge in [-0.1, -0.05) is 30.7 Å². The van der Waals surface area contributed by atoms with Crippen molar-refractivity contribution < 1.29 is 22.8 Å². The number of carbonyl (C=O) groups is 2. The number of alkyl halides is 3. The van der Waals surface area contributed by atoms with Crippen LogP contribution in [0, 0.1) is 0 Å². The zero-order valence-electron chi connectivity index (χ0n) is 19.3. The average Bonchev–Trinajstić information content (AvgIpc) is 3.52. The quantitative estimate of drug-likeness (QED) is 0.382. The van der Waals surface area contributed by atoms with Gasteiger partial charge in [-0.3, -0.25) is 19.2 Å². The molecular formula is C25H22ClF3N4O2S. The summed E-state index contributed by atoms with van der Waals surface area (Å²) in [6.07, 6.45) is -0.519. The third-order valence-electron chi connectivity index (χ3n) is 6.54. The van der Waals surface area contributed by atoms with Crippen LogP contribution in [0.4, 0.5) is 18.0 Å². The SMILES string of the molecule is CCN1CC[C@H](N2C(=O)S/C(=C\c3ccc4c(cnn4Cc4ccc(Cl)cc4C(F)(F)F)c3)C2=O)C1. The molecule has 2 aromatic carbocycles. The number of halogens is 4. The summed E-state index contributed by atoms with van der Waals surface area (Å²) in [7, 11) is 0. The van der Waals surface area contributed by atoms with Gasteiger partial charge in [-0.2, -0.15) is 18.3 Å². The predicted molar refractivity (Wildman–Crippen MR) is 134 cm³/mol. The van der Waals surface area contributed by atoms with Crippen LogP contribution in [0.25, 0.3) is 17.0 Å². The molecule has 1 atom stereocenters. The first-order valence-electron chi connectivity index (χ1n) is 11.4. The van der Waals surface area contributed by atoms with Gasteiger partial charge in [0.2, 0.25) is 0 Å². The van der Waals surface area contributed by atoms with Gasteiger partial charge in [-0.15, -0.1) is 0 Å². The van der Waals surface area contributed by atoms with Crippen LogP contribution in [0.2, 0.25) is 5.02 Å². The standard InChI is InChI=1S/C25H22ClF3N4O2S/c1-2-31-8-7-19(14-31)33-23(34)22(36-24(33)35)10-15-3-6-21-17(9-15)12-30-32(21)13-16-4-5-18(26)11-20(16)25(27,28)29/h3-6,9-12,19H,2,7-8,13-14H2,1H3/b22-10-/t19-/m0/s1. The second-order valence-corrected chi connectivity index (χ2v) is 10.2. The molecule has 11 heteroatoms. The molecular weight excluding hydrogens is 513 g/mol. The number of imide groups is 1. The van der Waals surface area contributed by atoms with E-state index < -0.39 is 11.7 Å². The molecule has 2 amide bonds. The number of fused-ring (bicyclic) bond motifs is 1. The summed E-state index contributed by atoms with van der Waals surface area (Å²) >= 11 is 6.72. The fourth-order valence-corrected chi connectivity index (χ4v) is 5.76. The fourth-order valence-electron chi connectivity index (χ4n) is 4.69. The lowest BCUT2D eigenvalue weighted by Gasteiger charge is -2.21. The highest BCUT2D eigenvalue weighted by molar-refractivity contribution is 8.18. The van der Waals surface area contributed by atoms with Gasteiger partial charge in [-0.05, 0) is 66.2 Å². The first-order valence-corrected chi connectivity index (χ1v) is 12.6. The summed E-state index contributed by atoms with van der Waals surface area (Å²) in [5.74, 6) is -0.286. The van der Waals surface area contributed by atoms with Crippen LogP contribution in [0.1, 0.15) is 30.0 Å². The average molecular weight is 535 g/mol. The van der Waals surface area contributed by atoms with E-state index in [2.05, 4.69) is 16.9 Å². The Bertz CT molecular complexity index is 1390. The van der Waals surface area contributed by atoms with Gasteiger partial charge >= 0.3 is 6.18 Å². The van der Waals surface area contributed by atoms with Crippen molar-refractivity contribution in [2.45, 2.75) is 32.1 Å². The predicted octanol–water partition coefficient (Wildman–Crippen LogP) is 5.89. The normalized spacial score (nSPS) is 20.4. The van der Waals surface area contributed by atoms with Crippen LogP contribution in [-0.2, 0) is 17.5 Å². The Balaban J connectivity index is 1.38. The number of thioether (sulfide) groups is 1. The summed E-state index contributed by atoms with van der Waals surface area (Å²) in [6.45, 7) is 4.41. The largest absolute Gasteiger partial charge is 0.416 e. The lowest BCUT2D eigenvalue weighted by molar-refractivity contribution is -0.138. The molecule has 36 heavy (non-hydrogen) atoms. The van der Waals surface area contributed by atoms with Crippen LogP contribution < -0.4 is 0 Å². The monoisotopic (exact) mass is 534 g/mol. The number of aromatic nitrogens is 2. The van der Waals surface area contributed by atoms with Crippen molar-refractivity contribution in [2.75, 3.05) is 19.6 Å². The minimum Gasteiger partial charge on any atom is -0.301 e. The Morgan fingerprint density at radius 2 is 2.00 bits per heavy atom. The maximum atomic E-state index is 13.5. The number of carbonyl (C=O) groups excluding carboxylic acids is 2. The Labute approximate surface area is 214 Å². The molecule has 188 valence electrons. The van der Waals surface area contributed by atoms with Crippen molar-refractivity contribution in [1.29, 1.82) is 0 Å². The van der Waals surface area contributed by atoms with Crippen molar-refractivity contribution in [3.8, 4) is 0 Å². The second kappa shape index (κ2) is 9.57. The number of nitrogens with zero attached hydrogens (tertiary/aromatic N) is 4. The van der Waals surface area contributed by atoms with Crippen LogP contribution in [0.15, 0.2) is 47.5 Å². The summed E-state index contributed by atoms with van der Waals surface area (Å²) in [5.41, 5.74) is 0.615. The van der Waals surface area contributed by atoms with Gasteiger partial charge in [0.1, 0.15) is 0 Å². The molecule has 2 saturated heterocycles. The first-order chi connectivity index (χ1) is 17.1. The van der Waals surface area contributed by atoms with Gasteiger partial charge in [-0.25, -0.2) is 0 Å². The Morgan fingerprint density at radius 1 is 1.19 bits per heavy atom. The molecule has 2 aliphatic rings. The Kier molecular flexibility index (Phi) is 6.61. The Morgan fingerprint density at radius 3 is 2.72 bits per heavy atom. The van der Waals surface area contributed by atoms with Gasteiger partial charge < -0.3 is 4.90 Å². The van der Waals surface area contributed by atoms with Gasteiger partial charge in [0, 0.05) is 23.5 Å². The maximum absolute atomic E-state index is 13.5. The molecule has 2 aliphatic heterocycles. The molecule has 0 bridgehead atoms. The molecule has 0 aliphatic carbocycles. The third kappa shape index (κ3) is 4.77. The van der Waals surface area contributed by atoms with E-state index in [1.54, 1.807) is 30.5 Å². The molecule has 2 fully saturated rings. The number of hydrogen-bond acceptors (Lipinski definition) is 5. The van der Waals surface area contributed by atoms with E-state index in [0.717, 1.165) is 37.3 Å². The molecule has 6 nitrogen and oxygen atoms in total. The number of likely N-dealkylation sites (tertiary alicyclic amines) is 1. The molecule has 0 saturated carbocycles. The van der Waals surface area contributed by atoms with Crippen LogP contribution in [0.3, 0.4) is 0 Å². The van der Waals surface area contributed by atoms with E-state index in [1.807, 2.05) is 0 Å². The minimum atomic E-state index is -4.54. The molecule has 3 aromatic rings. The van der Waals surface area contributed by atoms with Crippen LogP contribution >= 0.6 is 23.4 Å². The molecule has 5 rings (SSSR count). The van der Waals surface area contributed by atoms with E-state index in [9.17, 15) is 22.8 Å². The zero-order valence-corrected chi connectivity index (χ0v) is 20.8. The smallest absolute Gasteiger partial charge is 0.301 e. The molecule has 0 unspecified atom stereocenters. The van der Waals surface area contributed by atoms with E-state index >= 15 is 0 Å². The molecule has 0 radical (unpaired) electrons. The highest BCUT2D eigenvalue weighted by Crippen LogP contribution is 2.37. The number of rotatable bonds is 5. The number of amides is 2. The molecule has 1 aromatic heterocycles. The molecule has 3 heterocycles. The Hall–Kier alpha value is -2.82. The van der Waals surface area contributed by atoms with Crippen molar-refractivity contribution in [1.82, 2.24) is 19.6 Å². The minimum absolute atomic E-state index is 0.0149. The first kappa shape index (κ1) is 24.9. The number of likely N-dealkylation sites (N-methyl/N-ethyl adjacent to an activating group) is 1. The highest BCUT2D eigenvalue weighted by Gasteiger charge is 2.42. The van der Waals surface area contributed by atoms with E-state index in [0.29, 0.717) is 27.9 Å². The van der Waals surface area contributed by atoms with E-state index in [-0.39, 0.29) is 34.3 Å². The number of hydrogen-bond donors (Lipinski definition) is 0. The number of benzene rings is 2. The van der Waals surface area contributed by atoms with Crippen molar-refractivity contribution in [3.63, 3.8) is 0 Å². The topological polar surface area (TPSA) is 58.4 Å². The molecule has 0 N–H and O–H groups in total. The van der Waals surface area contributed by atoms with Gasteiger partial charge in [0.25, 0.3) is 11.1 Å². The zero-order chi connectivity index (χ0) is 25.6. The summed E-state index contributed by atoms with van der Waals surface area (Å²) in [5, 5.41) is 4.74.